The molecule has 39 heavy (non-hydrogen) atoms. The summed E-state index contributed by atoms with van der Waals surface area (Å²) in [6, 6.07) is 22.7. The number of anilines is 1. The van der Waals surface area contributed by atoms with Crippen molar-refractivity contribution in [2.45, 2.75) is 33.5 Å². The van der Waals surface area contributed by atoms with Gasteiger partial charge in [0.1, 0.15) is 11.7 Å². The maximum absolute atomic E-state index is 12.7. The first-order valence-corrected chi connectivity index (χ1v) is 13.1. The summed E-state index contributed by atoms with van der Waals surface area (Å²) in [5, 5.41) is 13.5. The molecule has 9 nitrogen and oxygen atoms in total. The minimum absolute atomic E-state index is 0.0128. The fourth-order valence-electron chi connectivity index (χ4n) is 4.56. The molecule has 1 aliphatic rings. The monoisotopic (exact) mass is 524 g/mol. The summed E-state index contributed by atoms with van der Waals surface area (Å²) in [5.41, 5.74) is 4.91. The molecule has 0 unspecified atom stereocenters. The normalized spacial score (nSPS) is 13.2. The molecule has 0 saturated heterocycles. The molecule has 0 bridgehead atoms. The molecule has 1 aliphatic heterocycles. The molecule has 3 N–H and O–H groups in total. The van der Waals surface area contributed by atoms with Crippen LogP contribution >= 0.6 is 0 Å². The second-order valence-corrected chi connectivity index (χ2v) is 10.1. The average molecular weight is 525 g/mol. The summed E-state index contributed by atoms with van der Waals surface area (Å²) >= 11 is 0. The molecule has 1 aromatic heterocycles. The van der Waals surface area contributed by atoms with Crippen molar-refractivity contribution in [3.63, 3.8) is 0 Å². The van der Waals surface area contributed by atoms with Crippen molar-refractivity contribution in [3.8, 4) is 0 Å². The van der Waals surface area contributed by atoms with Gasteiger partial charge in [-0.3, -0.25) is 20.4 Å². The highest BCUT2D eigenvalue weighted by Crippen LogP contribution is 2.23. The maximum Gasteiger partial charge on any atom is 0.412 e. The number of alkyl carbamates (subject to hydrolysis) is 1. The van der Waals surface area contributed by atoms with Crippen LogP contribution in [0.1, 0.15) is 41.2 Å². The first kappa shape index (κ1) is 26.1. The Morgan fingerprint density at radius 1 is 1.00 bits per heavy atom. The molecule has 0 radical (unpaired) electrons. The molecule has 3 aromatic carbocycles. The number of nitrogens with zero attached hydrogens (tertiary/aromatic N) is 3. The van der Waals surface area contributed by atoms with Crippen LogP contribution in [0.25, 0.3) is 11.0 Å². The van der Waals surface area contributed by atoms with Crippen LogP contribution in [0.5, 0.6) is 0 Å². The van der Waals surface area contributed by atoms with Gasteiger partial charge in [-0.25, -0.2) is 9.78 Å². The molecule has 0 aliphatic carbocycles. The lowest BCUT2D eigenvalue weighted by Crippen LogP contribution is -2.33. The zero-order valence-electron chi connectivity index (χ0n) is 22.1. The van der Waals surface area contributed by atoms with Crippen molar-refractivity contribution < 1.29 is 14.3 Å². The third-order valence-corrected chi connectivity index (χ3v) is 6.55. The fourth-order valence-corrected chi connectivity index (χ4v) is 4.56. The van der Waals surface area contributed by atoms with Crippen LogP contribution in [0, 0.1) is 11.3 Å². The van der Waals surface area contributed by atoms with Crippen LogP contribution in [0.4, 0.5) is 10.5 Å². The lowest BCUT2D eigenvalue weighted by atomic mass is 10.1. The van der Waals surface area contributed by atoms with Crippen LogP contribution in [-0.2, 0) is 24.4 Å². The number of amides is 2. The van der Waals surface area contributed by atoms with E-state index in [9.17, 15) is 9.59 Å². The molecule has 0 atom stereocenters. The maximum atomic E-state index is 12.7. The number of nitrogens with one attached hydrogen (secondary N) is 3. The summed E-state index contributed by atoms with van der Waals surface area (Å²) in [7, 11) is 0. The van der Waals surface area contributed by atoms with Crippen LogP contribution in [0.15, 0.2) is 72.8 Å². The fraction of sp³-hybridized carbons (Fsp3) is 0.267. The Morgan fingerprint density at radius 3 is 2.49 bits per heavy atom. The number of hydrogen-bond acceptors (Lipinski definition) is 6. The van der Waals surface area contributed by atoms with Gasteiger partial charge < -0.3 is 14.6 Å². The molecule has 2 heterocycles. The van der Waals surface area contributed by atoms with E-state index < -0.39 is 6.09 Å². The van der Waals surface area contributed by atoms with E-state index in [1.54, 1.807) is 0 Å². The van der Waals surface area contributed by atoms with Gasteiger partial charge in [0.05, 0.1) is 24.2 Å². The standard InChI is InChI=1S/C30H32N6O3/c1-20(2)19-39-30(38)34-28(31)22-10-8-21(9-11-22)17-35-14-15-36-26-13-12-23(16-25(26)33-27(36)18-35)29(37)32-24-6-4-3-5-7-24/h3-13,16,20H,14-15,17-19H2,1-2H3,(H,32,37)(H2,31,34,38). The second-order valence-electron chi connectivity index (χ2n) is 10.1. The first-order valence-electron chi connectivity index (χ1n) is 13.1. The molecule has 200 valence electrons. The van der Waals surface area contributed by atoms with E-state index in [0.717, 1.165) is 47.7 Å². The lowest BCUT2D eigenvalue weighted by Gasteiger charge is -2.28. The lowest BCUT2D eigenvalue weighted by molar-refractivity contribution is 0.102. The van der Waals surface area contributed by atoms with Gasteiger partial charge in [-0.2, -0.15) is 0 Å². The minimum atomic E-state index is -0.613. The van der Waals surface area contributed by atoms with Gasteiger partial charge in [0.2, 0.25) is 0 Å². The molecule has 5 rings (SSSR count). The predicted octanol–water partition coefficient (Wildman–Crippen LogP) is 5.01. The number of ether oxygens (including phenoxy) is 1. The Bertz CT molecular complexity index is 1490. The molecule has 9 heteroatoms. The molecule has 2 amide bonds. The third-order valence-electron chi connectivity index (χ3n) is 6.55. The number of fused-ring (bicyclic) bond motifs is 3. The topological polar surface area (TPSA) is 112 Å². The number of hydrogen-bond donors (Lipinski definition) is 3. The quantitative estimate of drug-likeness (QED) is 0.232. The molecular weight excluding hydrogens is 492 g/mol. The Labute approximate surface area is 227 Å². The van der Waals surface area contributed by atoms with Gasteiger partial charge in [-0.15, -0.1) is 0 Å². The number of rotatable bonds is 7. The van der Waals surface area contributed by atoms with Crippen molar-refractivity contribution in [2.24, 2.45) is 5.92 Å². The van der Waals surface area contributed by atoms with E-state index in [0.29, 0.717) is 24.3 Å². The number of aromatic nitrogens is 2. The van der Waals surface area contributed by atoms with Crippen molar-refractivity contribution in [1.29, 1.82) is 5.41 Å². The Balaban J connectivity index is 1.20. The van der Waals surface area contributed by atoms with Gasteiger partial charge in [0.25, 0.3) is 5.91 Å². The number of carbonyl (C=O) groups is 2. The van der Waals surface area contributed by atoms with E-state index in [2.05, 4.69) is 20.1 Å². The van der Waals surface area contributed by atoms with E-state index in [1.165, 1.54) is 0 Å². The third kappa shape index (κ3) is 6.32. The van der Waals surface area contributed by atoms with Crippen LogP contribution in [-0.4, -0.2) is 45.4 Å². The number of para-hydroxylation sites is 1. The van der Waals surface area contributed by atoms with E-state index in [-0.39, 0.29) is 17.7 Å². The largest absolute Gasteiger partial charge is 0.449 e. The van der Waals surface area contributed by atoms with Gasteiger partial charge >= 0.3 is 6.09 Å². The summed E-state index contributed by atoms with van der Waals surface area (Å²) < 4.78 is 7.31. The smallest absolute Gasteiger partial charge is 0.412 e. The summed E-state index contributed by atoms with van der Waals surface area (Å²) in [6.45, 7) is 7.35. The van der Waals surface area contributed by atoms with Crippen molar-refractivity contribution in [1.82, 2.24) is 19.8 Å². The highest BCUT2D eigenvalue weighted by molar-refractivity contribution is 6.06. The molecule has 0 fully saturated rings. The molecule has 0 spiro atoms. The van der Waals surface area contributed by atoms with Crippen LogP contribution in [0.2, 0.25) is 0 Å². The zero-order valence-corrected chi connectivity index (χ0v) is 22.1. The van der Waals surface area contributed by atoms with Crippen LogP contribution < -0.4 is 10.6 Å². The predicted molar refractivity (Wildman–Crippen MR) is 151 cm³/mol. The number of amidine groups is 1. The van der Waals surface area contributed by atoms with Crippen molar-refractivity contribution >= 4 is 34.6 Å². The van der Waals surface area contributed by atoms with Gasteiger partial charge in [0, 0.05) is 36.4 Å². The van der Waals surface area contributed by atoms with E-state index >= 15 is 0 Å². The Kier molecular flexibility index (Phi) is 7.69. The van der Waals surface area contributed by atoms with Gasteiger partial charge in [-0.05, 0) is 41.8 Å². The second kappa shape index (κ2) is 11.5. The van der Waals surface area contributed by atoms with Crippen molar-refractivity contribution in [3.05, 3.63) is 95.3 Å². The summed E-state index contributed by atoms with van der Waals surface area (Å²) in [6.07, 6.45) is -0.613. The SMILES string of the molecule is CC(C)COC(=O)NC(=N)c1ccc(CN2CCn3c(nc4cc(C(=O)Nc5ccccc5)ccc43)C2)cc1. The van der Waals surface area contributed by atoms with Gasteiger partial charge in [-0.1, -0.05) is 56.3 Å². The average Bonchev–Trinajstić information content (AvgIpc) is 3.30. The number of carbonyl (C=O) groups excluding carboxylic acids is 2. The van der Waals surface area contributed by atoms with E-state index in [1.807, 2.05) is 86.6 Å². The van der Waals surface area contributed by atoms with Crippen molar-refractivity contribution in [2.75, 3.05) is 18.5 Å². The zero-order chi connectivity index (χ0) is 27.4. The Hall–Kier alpha value is -4.50. The number of benzene rings is 3. The van der Waals surface area contributed by atoms with Crippen LogP contribution in [0.3, 0.4) is 0 Å². The highest BCUT2D eigenvalue weighted by atomic mass is 16.5. The first-order chi connectivity index (χ1) is 18.9. The molecule has 4 aromatic rings. The summed E-state index contributed by atoms with van der Waals surface area (Å²) in [5.74, 6) is 1.06. The summed E-state index contributed by atoms with van der Waals surface area (Å²) in [4.78, 5) is 31.8. The Morgan fingerprint density at radius 2 is 1.74 bits per heavy atom. The minimum Gasteiger partial charge on any atom is -0.449 e. The number of imidazole rings is 1. The molecular formula is C30H32N6O3. The van der Waals surface area contributed by atoms with E-state index in [4.69, 9.17) is 15.1 Å². The highest BCUT2D eigenvalue weighted by Gasteiger charge is 2.21. The molecule has 0 saturated carbocycles. The van der Waals surface area contributed by atoms with Gasteiger partial charge in [0.15, 0.2) is 0 Å².